The number of nitrogens with one attached hydrogen (secondary N) is 1. The Balaban J connectivity index is 2.48. The highest BCUT2D eigenvalue weighted by molar-refractivity contribution is 4.99. The summed E-state index contributed by atoms with van der Waals surface area (Å²) in [6, 6.07) is 1.29. The van der Waals surface area contributed by atoms with Crippen molar-refractivity contribution in [3.05, 3.63) is 12.2 Å². The number of hydrogen-bond donors (Lipinski definition) is 1. The first-order valence-corrected chi connectivity index (χ1v) is 5.28. The van der Waals surface area contributed by atoms with Gasteiger partial charge in [0.2, 0.25) is 0 Å². The molecule has 0 aromatic heterocycles. The monoisotopic (exact) mass is 182 g/mol. The molecule has 76 valence electrons. The SMILES string of the molecule is C=C(CC)CN1C(C)CNCC1C. The van der Waals surface area contributed by atoms with Gasteiger partial charge in [0.25, 0.3) is 0 Å². The van der Waals surface area contributed by atoms with Crippen LogP contribution < -0.4 is 5.32 Å². The molecular weight excluding hydrogens is 160 g/mol. The molecule has 1 rings (SSSR count). The van der Waals surface area contributed by atoms with Crippen molar-refractivity contribution in [2.45, 2.75) is 39.3 Å². The average molecular weight is 182 g/mol. The van der Waals surface area contributed by atoms with Crippen LogP contribution in [0.1, 0.15) is 27.2 Å². The van der Waals surface area contributed by atoms with Gasteiger partial charge in [-0.25, -0.2) is 0 Å². The summed E-state index contributed by atoms with van der Waals surface area (Å²) in [5, 5.41) is 3.43. The molecule has 13 heavy (non-hydrogen) atoms. The van der Waals surface area contributed by atoms with E-state index in [1.807, 2.05) is 0 Å². The van der Waals surface area contributed by atoms with Crippen molar-refractivity contribution in [3.8, 4) is 0 Å². The Morgan fingerprint density at radius 1 is 1.38 bits per heavy atom. The molecule has 0 spiro atoms. The minimum atomic E-state index is 0.645. The first kappa shape index (κ1) is 10.7. The average Bonchev–Trinajstić information content (AvgIpc) is 2.11. The summed E-state index contributed by atoms with van der Waals surface area (Å²) in [6.45, 7) is 14.1. The van der Waals surface area contributed by atoms with Crippen molar-refractivity contribution in [2.24, 2.45) is 0 Å². The zero-order valence-corrected chi connectivity index (χ0v) is 9.14. The highest BCUT2D eigenvalue weighted by Gasteiger charge is 2.23. The highest BCUT2D eigenvalue weighted by atomic mass is 15.2. The van der Waals surface area contributed by atoms with Crippen LogP contribution in [-0.4, -0.2) is 36.6 Å². The highest BCUT2D eigenvalue weighted by Crippen LogP contribution is 2.12. The topological polar surface area (TPSA) is 15.3 Å². The third-order valence-electron chi connectivity index (χ3n) is 2.92. The van der Waals surface area contributed by atoms with Crippen molar-refractivity contribution >= 4 is 0 Å². The summed E-state index contributed by atoms with van der Waals surface area (Å²) in [5.74, 6) is 0. The molecule has 1 fully saturated rings. The van der Waals surface area contributed by atoms with Gasteiger partial charge in [-0.2, -0.15) is 0 Å². The van der Waals surface area contributed by atoms with E-state index in [0.717, 1.165) is 26.1 Å². The van der Waals surface area contributed by atoms with E-state index < -0.39 is 0 Å². The predicted octanol–water partition coefficient (Wildman–Crippen LogP) is 1.63. The maximum absolute atomic E-state index is 4.07. The summed E-state index contributed by atoms with van der Waals surface area (Å²) in [5.41, 5.74) is 1.35. The molecule has 1 saturated heterocycles. The molecular formula is C11H22N2. The number of nitrogens with zero attached hydrogens (tertiary/aromatic N) is 1. The fourth-order valence-electron chi connectivity index (χ4n) is 1.85. The van der Waals surface area contributed by atoms with Gasteiger partial charge in [-0.3, -0.25) is 4.90 Å². The van der Waals surface area contributed by atoms with Crippen molar-refractivity contribution in [1.29, 1.82) is 0 Å². The Morgan fingerprint density at radius 3 is 2.38 bits per heavy atom. The summed E-state index contributed by atoms with van der Waals surface area (Å²) >= 11 is 0. The lowest BCUT2D eigenvalue weighted by atomic mass is 10.1. The van der Waals surface area contributed by atoms with Crippen LogP contribution in [0.5, 0.6) is 0 Å². The lowest BCUT2D eigenvalue weighted by molar-refractivity contribution is 0.129. The second-order valence-corrected chi connectivity index (χ2v) is 4.13. The molecule has 0 radical (unpaired) electrons. The Labute approximate surface area is 82.0 Å². The molecule has 1 N–H and O–H groups in total. The van der Waals surface area contributed by atoms with Gasteiger partial charge in [0.05, 0.1) is 0 Å². The summed E-state index contributed by atoms with van der Waals surface area (Å²) < 4.78 is 0. The third-order valence-corrected chi connectivity index (χ3v) is 2.92. The van der Waals surface area contributed by atoms with Crippen LogP contribution in [0.3, 0.4) is 0 Å². The minimum absolute atomic E-state index is 0.645. The number of piperazine rings is 1. The fraction of sp³-hybridized carbons (Fsp3) is 0.818. The lowest BCUT2D eigenvalue weighted by Gasteiger charge is -2.39. The van der Waals surface area contributed by atoms with Gasteiger partial charge < -0.3 is 5.32 Å². The van der Waals surface area contributed by atoms with Crippen LogP contribution in [0.2, 0.25) is 0 Å². The van der Waals surface area contributed by atoms with E-state index in [0.29, 0.717) is 12.1 Å². The van der Waals surface area contributed by atoms with Crippen molar-refractivity contribution in [3.63, 3.8) is 0 Å². The van der Waals surface area contributed by atoms with E-state index >= 15 is 0 Å². The molecule has 0 amide bonds. The van der Waals surface area contributed by atoms with Crippen molar-refractivity contribution < 1.29 is 0 Å². The van der Waals surface area contributed by atoms with Crippen LogP contribution in [0.25, 0.3) is 0 Å². The third kappa shape index (κ3) is 2.82. The van der Waals surface area contributed by atoms with Gasteiger partial charge >= 0.3 is 0 Å². The lowest BCUT2D eigenvalue weighted by Crippen LogP contribution is -2.55. The molecule has 1 aliphatic heterocycles. The summed E-state index contributed by atoms with van der Waals surface area (Å²) in [4.78, 5) is 2.54. The van der Waals surface area contributed by atoms with Crippen molar-refractivity contribution in [2.75, 3.05) is 19.6 Å². The Kier molecular flexibility index (Phi) is 3.94. The molecule has 0 saturated carbocycles. The largest absolute Gasteiger partial charge is 0.314 e. The fourth-order valence-corrected chi connectivity index (χ4v) is 1.85. The maximum atomic E-state index is 4.07. The molecule has 0 aromatic rings. The standard InChI is InChI=1S/C11H22N2/c1-5-9(2)8-13-10(3)6-12-7-11(13)4/h10-12H,2,5-8H2,1,3-4H3. The first-order chi connectivity index (χ1) is 6.15. The minimum Gasteiger partial charge on any atom is -0.314 e. The molecule has 1 heterocycles. The number of hydrogen-bond acceptors (Lipinski definition) is 2. The van der Waals surface area contributed by atoms with E-state index in [4.69, 9.17) is 0 Å². The molecule has 0 aliphatic carbocycles. The van der Waals surface area contributed by atoms with Crippen LogP contribution in [0.4, 0.5) is 0 Å². The van der Waals surface area contributed by atoms with Gasteiger partial charge in [-0.15, -0.1) is 0 Å². The zero-order valence-electron chi connectivity index (χ0n) is 9.14. The van der Waals surface area contributed by atoms with E-state index in [2.05, 4.69) is 37.6 Å². The van der Waals surface area contributed by atoms with Crippen LogP contribution in [0, 0.1) is 0 Å². The second kappa shape index (κ2) is 4.77. The first-order valence-electron chi connectivity index (χ1n) is 5.28. The maximum Gasteiger partial charge on any atom is 0.0199 e. The van der Waals surface area contributed by atoms with E-state index in [1.165, 1.54) is 5.57 Å². The molecule has 2 unspecified atom stereocenters. The summed E-state index contributed by atoms with van der Waals surface area (Å²) in [7, 11) is 0. The molecule has 2 nitrogen and oxygen atoms in total. The molecule has 0 aromatic carbocycles. The Bertz CT molecular complexity index is 167. The van der Waals surface area contributed by atoms with Gasteiger partial charge in [0, 0.05) is 31.7 Å². The predicted molar refractivity (Wildman–Crippen MR) is 57.9 cm³/mol. The van der Waals surface area contributed by atoms with Gasteiger partial charge in [0.15, 0.2) is 0 Å². The second-order valence-electron chi connectivity index (χ2n) is 4.13. The molecule has 2 heteroatoms. The van der Waals surface area contributed by atoms with Crippen LogP contribution in [0.15, 0.2) is 12.2 Å². The van der Waals surface area contributed by atoms with E-state index in [9.17, 15) is 0 Å². The normalized spacial score (nSPS) is 30.4. The molecule has 0 bridgehead atoms. The quantitative estimate of drug-likeness (QED) is 0.667. The van der Waals surface area contributed by atoms with Crippen LogP contribution in [-0.2, 0) is 0 Å². The van der Waals surface area contributed by atoms with E-state index in [-0.39, 0.29) is 0 Å². The Hall–Kier alpha value is -0.340. The van der Waals surface area contributed by atoms with Gasteiger partial charge in [-0.1, -0.05) is 19.1 Å². The molecule has 2 atom stereocenters. The van der Waals surface area contributed by atoms with Gasteiger partial charge in [-0.05, 0) is 20.3 Å². The Morgan fingerprint density at radius 2 is 1.92 bits per heavy atom. The zero-order chi connectivity index (χ0) is 9.84. The summed E-state index contributed by atoms with van der Waals surface area (Å²) in [6.07, 6.45) is 1.10. The number of rotatable bonds is 3. The van der Waals surface area contributed by atoms with E-state index in [1.54, 1.807) is 0 Å². The smallest absolute Gasteiger partial charge is 0.0199 e. The van der Waals surface area contributed by atoms with Crippen LogP contribution >= 0.6 is 0 Å². The van der Waals surface area contributed by atoms with Gasteiger partial charge in [0.1, 0.15) is 0 Å². The molecule has 1 aliphatic rings. The van der Waals surface area contributed by atoms with Crippen molar-refractivity contribution in [1.82, 2.24) is 10.2 Å².